The molecular formula is C50H46. The maximum absolute atomic E-state index is 2.52. The van der Waals surface area contributed by atoms with Crippen molar-refractivity contribution < 1.29 is 0 Å². The van der Waals surface area contributed by atoms with E-state index in [9.17, 15) is 0 Å². The summed E-state index contributed by atoms with van der Waals surface area (Å²) in [5, 5.41) is 0. The first-order valence-corrected chi connectivity index (χ1v) is 18.2. The van der Waals surface area contributed by atoms with E-state index in [0.717, 1.165) is 19.3 Å². The summed E-state index contributed by atoms with van der Waals surface area (Å²) in [5.41, 5.74) is 12.3. The zero-order valence-electron chi connectivity index (χ0n) is 29.0. The number of aryl methyl sites for hydroxylation is 1. The summed E-state index contributed by atoms with van der Waals surface area (Å²) >= 11 is 0. The molecule has 0 radical (unpaired) electrons. The first-order chi connectivity index (χ1) is 24.8. The molecule has 1 aliphatic rings. The van der Waals surface area contributed by atoms with Crippen LogP contribution in [-0.2, 0) is 6.42 Å². The monoisotopic (exact) mass is 646 g/mol. The van der Waals surface area contributed by atoms with Gasteiger partial charge in [-0.1, -0.05) is 206 Å². The van der Waals surface area contributed by atoms with Crippen LogP contribution in [-0.4, -0.2) is 0 Å². The Bertz CT molecular complexity index is 2030. The van der Waals surface area contributed by atoms with Crippen LogP contribution < -0.4 is 0 Å². The number of rotatable bonds is 13. The van der Waals surface area contributed by atoms with Crippen LogP contribution in [0.4, 0.5) is 0 Å². The standard InChI is InChI=1S/C50H46/c1-2-3-25-41(30-14-5-11-24-38-22-9-4-10-23-38)48-49(42-31-17-8-18-32-42)50(48)44-34-21-33-43(37-44)47(40-28-15-7-16-29-40)46-36-20-19-35-45(46)39-26-12-6-13-27-39/h2-10,12-23,26-37,47-50H,11,24-25H2,1H3/b3-2-,14-5-,41-30+. The van der Waals surface area contributed by atoms with E-state index in [0.29, 0.717) is 17.8 Å². The molecule has 7 rings (SSSR count). The second-order valence-electron chi connectivity index (χ2n) is 13.4. The van der Waals surface area contributed by atoms with Gasteiger partial charge in [0.2, 0.25) is 0 Å². The van der Waals surface area contributed by atoms with E-state index in [4.69, 9.17) is 0 Å². The lowest BCUT2D eigenvalue weighted by Gasteiger charge is -2.23. The second kappa shape index (κ2) is 16.3. The van der Waals surface area contributed by atoms with Crippen molar-refractivity contribution >= 4 is 0 Å². The van der Waals surface area contributed by atoms with Crippen LogP contribution in [0, 0.1) is 5.92 Å². The first-order valence-electron chi connectivity index (χ1n) is 18.2. The molecule has 1 saturated carbocycles. The zero-order chi connectivity index (χ0) is 34.0. The topological polar surface area (TPSA) is 0 Å². The van der Waals surface area contributed by atoms with Crippen LogP contribution in [0.25, 0.3) is 11.1 Å². The molecule has 1 fully saturated rings. The highest BCUT2D eigenvalue weighted by atomic mass is 14.6. The van der Waals surface area contributed by atoms with E-state index in [-0.39, 0.29) is 5.92 Å². The van der Waals surface area contributed by atoms with Crippen LogP contribution in [0.3, 0.4) is 0 Å². The van der Waals surface area contributed by atoms with E-state index in [1.54, 1.807) is 0 Å². The lowest BCUT2D eigenvalue weighted by Crippen LogP contribution is -2.06. The van der Waals surface area contributed by atoms with Gasteiger partial charge >= 0.3 is 0 Å². The minimum Gasteiger partial charge on any atom is -0.0913 e. The van der Waals surface area contributed by atoms with Crippen LogP contribution in [0.2, 0.25) is 0 Å². The molecule has 0 aliphatic heterocycles. The molecule has 0 heteroatoms. The largest absolute Gasteiger partial charge is 0.0913 e. The van der Waals surface area contributed by atoms with Crippen molar-refractivity contribution in [3.63, 3.8) is 0 Å². The van der Waals surface area contributed by atoms with Gasteiger partial charge in [0.15, 0.2) is 0 Å². The van der Waals surface area contributed by atoms with Gasteiger partial charge in [0.25, 0.3) is 0 Å². The highest BCUT2D eigenvalue weighted by molar-refractivity contribution is 5.70. The molecule has 0 N–H and O–H groups in total. The van der Waals surface area contributed by atoms with Crippen LogP contribution >= 0.6 is 0 Å². The van der Waals surface area contributed by atoms with Gasteiger partial charge in [0, 0.05) is 5.92 Å². The highest BCUT2D eigenvalue weighted by Gasteiger charge is 2.52. The normalized spacial score (nSPS) is 18.0. The third-order valence-electron chi connectivity index (χ3n) is 10.2. The molecule has 0 nitrogen and oxygen atoms in total. The molecule has 6 aromatic rings. The molecule has 4 atom stereocenters. The van der Waals surface area contributed by atoms with Crippen LogP contribution in [0.5, 0.6) is 0 Å². The van der Waals surface area contributed by atoms with Gasteiger partial charge in [-0.2, -0.15) is 0 Å². The Morgan fingerprint density at radius 1 is 0.580 bits per heavy atom. The predicted molar refractivity (Wildman–Crippen MR) is 213 cm³/mol. The second-order valence-corrected chi connectivity index (χ2v) is 13.4. The Morgan fingerprint density at radius 3 is 1.92 bits per heavy atom. The molecular weight excluding hydrogens is 601 g/mol. The maximum atomic E-state index is 2.52. The SMILES string of the molecule is C/C=C\C/C(=C\C=C/CCc1ccccc1)C1C(c2ccccc2)C1c1cccc(C(c2ccccc2)c2ccccc2-c2ccccc2)c1. The number of allylic oxidation sites excluding steroid dienone is 6. The Morgan fingerprint density at radius 2 is 1.18 bits per heavy atom. The zero-order valence-corrected chi connectivity index (χ0v) is 29.0. The smallest absolute Gasteiger partial charge is 0.0346 e. The van der Waals surface area contributed by atoms with Crippen molar-refractivity contribution in [2.75, 3.05) is 0 Å². The molecule has 50 heavy (non-hydrogen) atoms. The van der Waals surface area contributed by atoms with Gasteiger partial charge in [0.1, 0.15) is 0 Å². The number of benzene rings is 6. The molecule has 0 amide bonds. The average molecular weight is 647 g/mol. The van der Waals surface area contributed by atoms with Gasteiger partial charge in [-0.3, -0.25) is 0 Å². The van der Waals surface area contributed by atoms with Crippen LogP contribution in [0.1, 0.15) is 70.9 Å². The summed E-state index contributed by atoms with van der Waals surface area (Å²) in [6, 6.07) is 62.3. The number of hydrogen-bond acceptors (Lipinski definition) is 0. The third-order valence-corrected chi connectivity index (χ3v) is 10.2. The van der Waals surface area contributed by atoms with Crippen molar-refractivity contribution in [2.45, 2.75) is 43.9 Å². The van der Waals surface area contributed by atoms with Crippen molar-refractivity contribution in [1.29, 1.82) is 0 Å². The summed E-state index contributed by atoms with van der Waals surface area (Å²) in [6.45, 7) is 2.13. The van der Waals surface area contributed by atoms with Gasteiger partial charge in [0.05, 0.1) is 0 Å². The Hall–Kier alpha value is -5.46. The predicted octanol–water partition coefficient (Wildman–Crippen LogP) is 13.1. The fraction of sp³-hybridized carbons (Fsp3) is 0.160. The molecule has 1 aliphatic carbocycles. The van der Waals surface area contributed by atoms with Crippen molar-refractivity contribution in [3.8, 4) is 11.1 Å². The van der Waals surface area contributed by atoms with E-state index >= 15 is 0 Å². The van der Waals surface area contributed by atoms with E-state index in [2.05, 4.69) is 207 Å². The molecule has 0 saturated heterocycles. The van der Waals surface area contributed by atoms with Crippen molar-refractivity contribution in [1.82, 2.24) is 0 Å². The van der Waals surface area contributed by atoms with E-state index < -0.39 is 0 Å². The summed E-state index contributed by atoms with van der Waals surface area (Å²) < 4.78 is 0. The summed E-state index contributed by atoms with van der Waals surface area (Å²) in [5.74, 6) is 1.44. The molecule has 4 unspecified atom stereocenters. The highest BCUT2D eigenvalue weighted by Crippen LogP contribution is 2.64. The van der Waals surface area contributed by atoms with E-state index in [1.807, 2.05) is 0 Å². The van der Waals surface area contributed by atoms with Crippen molar-refractivity contribution in [3.05, 3.63) is 239 Å². The van der Waals surface area contributed by atoms with Gasteiger partial charge < -0.3 is 0 Å². The Labute approximate surface area is 299 Å². The van der Waals surface area contributed by atoms with Gasteiger partial charge in [-0.15, -0.1) is 0 Å². The minimum absolute atomic E-state index is 0.116. The first kappa shape index (κ1) is 33.1. The van der Waals surface area contributed by atoms with Gasteiger partial charge in [-0.25, -0.2) is 0 Å². The van der Waals surface area contributed by atoms with E-state index in [1.165, 1.54) is 50.1 Å². The van der Waals surface area contributed by atoms with Gasteiger partial charge in [-0.05, 0) is 88.4 Å². The maximum Gasteiger partial charge on any atom is 0.0346 e. The summed E-state index contributed by atoms with van der Waals surface area (Å²) in [7, 11) is 0. The molecule has 0 spiro atoms. The molecule has 246 valence electrons. The quantitative estimate of drug-likeness (QED) is 0.0665. The molecule has 0 aromatic heterocycles. The fourth-order valence-corrected chi connectivity index (χ4v) is 7.80. The Balaban J connectivity index is 1.25. The minimum atomic E-state index is 0.116. The molecule has 6 aromatic carbocycles. The molecule has 0 bridgehead atoms. The fourth-order valence-electron chi connectivity index (χ4n) is 7.80. The van der Waals surface area contributed by atoms with Crippen LogP contribution in [0.15, 0.2) is 206 Å². The lowest BCUT2D eigenvalue weighted by molar-refractivity contribution is 0.882. The Kier molecular flexibility index (Phi) is 10.8. The summed E-state index contributed by atoms with van der Waals surface area (Å²) in [6.07, 6.45) is 14.7. The average Bonchev–Trinajstić information content (AvgIpc) is 3.94. The summed E-state index contributed by atoms with van der Waals surface area (Å²) in [4.78, 5) is 0. The van der Waals surface area contributed by atoms with Crippen molar-refractivity contribution in [2.24, 2.45) is 5.92 Å². The lowest BCUT2D eigenvalue weighted by atomic mass is 9.80. The third kappa shape index (κ3) is 7.72. The molecule has 0 heterocycles. The number of hydrogen-bond donors (Lipinski definition) is 0.